The van der Waals surface area contributed by atoms with Crippen LogP contribution in [-0.2, 0) is 7.05 Å². The van der Waals surface area contributed by atoms with E-state index in [1.54, 1.807) is 31.3 Å². The average Bonchev–Trinajstić information content (AvgIpc) is 2.74. The summed E-state index contributed by atoms with van der Waals surface area (Å²) in [4.78, 5) is 10.1. The number of tetrazole rings is 1. The van der Waals surface area contributed by atoms with Gasteiger partial charge >= 0.3 is 0 Å². The largest absolute Gasteiger partial charge is 0.269 e. The lowest BCUT2D eigenvalue weighted by Crippen LogP contribution is -1.98. The Morgan fingerprint density at radius 2 is 2.29 bits per heavy atom. The number of rotatable bonds is 3. The van der Waals surface area contributed by atoms with Crippen LogP contribution in [0.25, 0.3) is 17.1 Å². The molecule has 0 N–H and O–H groups in total. The van der Waals surface area contributed by atoms with E-state index < -0.39 is 4.92 Å². The molecule has 2 rings (SSSR count). The van der Waals surface area contributed by atoms with Crippen molar-refractivity contribution in [2.75, 3.05) is 0 Å². The van der Waals surface area contributed by atoms with Gasteiger partial charge in [0.05, 0.1) is 10.5 Å². The Morgan fingerprint density at radius 1 is 1.53 bits per heavy atom. The van der Waals surface area contributed by atoms with Gasteiger partial charge in [0.25, 0.3) is 5.70 Å². The molecular weight excluding hydrogens is 222 g/mol. The monoisotopic (exact) mass is 231 g/mol. The zero-order valence-electron chi connectivity index (χ0n) is 9.07. The van der Waals surface area contributed by atoms with Crippen LogP contribution in [0, 0.1) is 10.1 Å². The Bertz CT molecular complexity index is 590. The molecule has 2 aromatic rings. The predicted molar refractivity (Wildman–Crippen MR) is 60.3 cm³/mol. The molecule has 86 valence electrons. The number of benzene rings is 1. The minimum atomic E-state index is -0.520. The van der Waals surface area contributed by atoms with Gasteiger partial charge in [-0.2, -0.15) is 0 Å². The summed E-state index contributed by atoms with van der Waals surface area (Å²) in [7, 11) is 1.70. The second-order valence-corrected chi connectivity index (χ2v) is 3.41. The zero-order valence-corrected chi connectivity index (χ0v) is 9.07. The summed E-state index contributed by atoms with van der Waals surface area (Å²) in [6.07, 6.45) is 0. The summed E-state index contributed by atoms with van der Waals surface area (Å²) < 4.78 is 1.49. The van der Waals surface area contributed by atoms with Gasteiger partial charge in [-0.3, -0.25) is 10.1 Å². The molecule has 7 heteroatoms. The van der Waals surface area contributed by atoms with Crippen LogP contribution >= 0.6 is 0 Å². The lowest BCUT2D eigenvalue weighted by atomic mass is 10.1. The zero-order chi connectivity index (χ0) is 12.4. The van der Waals surface area contributed by atoms with Gasteiger partial charge in [0.1, 0.15) is 0 Å². The van der Waals surface area contributed by atoms with E-state index in [0.29, 0.717) is 17.0 Å². The van der Waals surface area contributed by atoms with E-state index in [2.05, 4.69) is 22.1 Å². The first-order chi connectivity index (χ1) is 8.09. The van der Waals surface area contributed by atoms with E-state index in [1.807, 2.05) is 0 Å². The summed E-state index contributed by atoms with van der Waals surface area (Å²) in [6.45, 7) is 3.41. The Hall–Kier alpha value is -2.57. The molecule has 1 aromatic heterocycles. The van der Waals surface area contributed by atoms with Gasteiger partial charge < -0.3 is 0 Å². The van der Waals surface area contributed by atoms with E-state index in [1.165, 1.54) is 4.68 Å². The van der Waals surface area contributed by atoms with Gasteiger partial charge in [-0.05, 0) is 29.1 Å². The van der Waals surface area contributed by atoms with Crippen molar-refractivity contribution in [3.05, 3.63) is 46.5 Å². The first-order valence-electron chi connectivity index (χ1n) is 4.76. The second-order valence-electron chi connectivity index (χ2n) is 3.41. The summed E-state index contributed by atoms with van der Waals surface area (Å²) in [5.41, 5.74) is 0.996. The van der Waals surface area contributed by atoms with E-state index in [9.17, 15) is 10.1 Å². The maximum atomic E-state index is 10.6. The SMILES string of the molecule is C=C(c1cccc(-c2nnnn2C)c1)[N+](=O)[O-]. The number of aryl methyl sites for hydroxylation is 1. The minimum absolute atomic E-state index is 0.151. The predicted octanol–water partition coefficient (Wildman–Crippen LogP) is 1.12. The van der Waals surface area contributed by atoms with E-state index in [0.717, 1.165) is 0 Å². The quantitative estimate of drug-likeness (QED) is 0.583. The standard InChI is InChI=1S/C10H9N5O2/c1-7(15(16)17)8-4-3-5-9(6-8)10-11-12-13-14(10)2/h3-6H,1H2,2H3. The van der Waals surface area contributed by atoms with Gasteiger partial charge in [-0.1, -0.05) is 12.1 Å². The highest BCUT2D eigenvalue weighted by Crippen LogP contribution is 2.20. The number of nitrogens with zero attached hydrogens (tertiary/aromatic N) is 5. The van der Waals surface area contributed by atoms with Crippen LogP contribution in [0.15, 0.2) is 30.8 Å². The Kier molecular flexibility index (Phi) is 2.65. The van der Waals surface area contributed by atoms with Crippen LogP contribution in [0.5, 0.6) is 0 Å². The molecule has 0 spiro atoms. The Balaban J connectivity index is 2.46. The fourth-order valence-electron chi connectivity index (χ4n) is 1.42. The van der Waals surface area contributed by atoms with Crippen molar-refractivity contribution < 1.29 is 4.92 Å². The normalized spacial score (nSPS) is 10.2. The van der Waals surface area contributed by atoms with Gasteiger partial charge in [0.15, 0.2) is 5.82 Å². The Morgan fingerprint density at radius 3 is 2.88 bits per heavy atom. The van der Waals surface area contributed by atoms with Crippen LogP contribution in [0.4, 0.5) is 0 Å². The van der Waals surface area contributed by atoms with Crippen molar-refractivity contribution in [1.82, 2.24) is 20.2 Å². The van der Waals surface area contributed by atoms with E-state index in [-0.39, 0.29) is 5.70 Å². The van der Waals surface area contributed by atoms with E-state index >= 15 is 0 Å². The van der Waals surface area contributed by atoms with Crippen molar-refractivity contribution in [2.24, 2.45) is 7.05 Å². The second kappa shape index (κ2) is 4.12. The number of hydrogen-bond acceptors (Lipinski definition) is 5. The molecule has 7 nitrogen and oxygen atoms in total. The fraction of sp³-hybridized carbons (Fsp3) is 0.100. The van der Waals surface area contributed by atoms with Crippen molar-refractivity contribution in [2.45, 2.75) is 0 Å². The van der Waals surface area contributed by atoms with Gasteiger partial charge in [0.2, 0.25) is 0 Å². The molecular formula is C10H9N5O2. The van der Waals surface area contributed by atoms with Crippen LogP contribution in [0.3, 0.4) is 0 Å². The first-order valence-corrected chi connectivity index (χ1v) is 4.76. The summed E-state index contributed by atoms with van der Waals surface area (Å²) in [5.74, 6) is 0.544. The van der Waals surface area contributed by atoms with Crippen LogP contribution in [0.2, 0.25) is 0 Å². The molecule has 1 aromatic carbocycles. The fourth-order valence-corrected chi connectivity index (χ4v) is 1.42. The van der Waals surface area contributed by atoms with E-state index in [4.69, 9.17) is 0 Å². The molecule has 17 heavy (non-hydrogen) atoms. The summed E-state index contributed by atoms with van der Waals surface area (Å²) in [6, 6.07) is 6.74. The van der Waals surface area contributed by atoms with Crippen LogP contribution < -0.4 is 0 Å². The maximum absolute atomic E-state index is 10.6. The molecule has 0 amide bonds. The summed E-state index contributed by atoms with van der Waals surface area (Å²) in [5, 5.41) is 21.7. The van der Waals surface area contributed by atoms with Gasteiger partial charge in [-0.25, -0.2) is 4.68 Å². The molecule has 0 aliphatic carbocycles. The topological polar surface area (TPSA) is 86.7 Å². The molecule has 0 bridgehead atoms. The smallest absolute Gasteiger partial charge is 0.258 e. The van der Waals surface area contributed by atoms with Gasteiger partial charge in [0, 0.05) is 12.6 Å². The molecule has 0 saturated heterocycles. The van der Waals surface area contributed by atoms with Gasteiger partial charge in [-0.15, -0.1) is 5.10 Å². The molecule has 0 fully saturated rings. The lowest BCUT2D eigenvalue weighted by molar-refractivity contribution is -0.375. The van der Waals surface area contributed by atoms with Crippen molar-refractivity contribution in [3.8, 4) is 11.4 Å². The van der Waals surface area contributed by atoms with Crippen molar-refractivity contribution >= 4 is 5.70 Å². The van der Waals surface area contributed by atoms with Crippen LogP contribution in [-0.4, -0.2) is 25.1 Å². The third-order valence-electron chi connectivity index (χ3n) is 2.29. The molecule has 0 aliphatic heterocycles. The number of hydrogen-bond donors (Lipinski definition) is 0. The van der Waals surface area contributed by atoms with Crippen LogP contribution in [0.1, 0.15) is 5.56 Å². The number of aromatic nitrogens is 4. The first kappa shape index (κ1) is 10.9. The molecule has 0 atom stereocenters. The lowest BCUT2D eigenvalue weighted by Gasteiger charge is -2.01. The molecule has 0 radical (unpaired) electrons. The molecule has 0 aliphatic rings. The molecule has 0 unspecified atom stereocenters. The third-order valence-corrected chi connectivity index (χ3v) is 2.29. The molecule has 0 saturated carbocycles. The third kappa shape index (κ3) is 2.03. The average molecular weight is 231 g/mol. The minimum Gasteiger partial charge on any atom is -0.258 e. The highest BCUT2D eigenvalue weighted by atomic mass is 16.6. The van der Waals surface area contributed by atoms with Crippen molar-refractivity contribution in [1.29, 1.82) is 0 Å². The maximum Gasteiger partial charge on any atom is 0.269 e. The van der Waals surface area contributed by atoms with Crippen molar-refractivity contribution in [3.63, 3.8) is 0 Å². The summed E-state index contributed by atoms with van der Waals surface area (Å²) >= 11 is 0. The highest BCUT2D eigenvalue weighted by molar-refractivity contribution is 5.64. The Labute approximate surface area is 96.5 Å². The highest BCUT2D eigenvalue weighted by Gasteiger charge is 2.13. The molecule has 1 heterocycles. The number of nitro groups is 1.